The zero-order valence-electron chi connectivity index (χ0n) is 16.3. The van der Waals surface area contributed by atoms with Crippen LogP contribution in [0.2, 0.25) is 0 Å². The molecule has 1 amide bonds. The molecule has 0 spiro atoms. The highest BCUT2D eigenvalue weighted by Gasteiger charge is 2.27. The highest BCUT2D eigenvalue weighted by molar-refractivity contribution is 7.89. The van der Waals surface area contributed by atoms with Gasteiger partial charge in [-0.15, -0.1) is 11.3 Å². The van der Waals surface area contributed by atoms with Crippen LogP contribution >= 0.6 is 22.7 Å². The number of benzene rings is 1. The zero-order valence-corrected chi connectivity index (χ0v) is 18.8. The van der Waals surface area contributed by atoms with Gasteiger partial charge in [-0.25, -0.2) is 13.4 Å². The molecule has 3 aromatic rings. The number of ether oxygens (including phenoxy) is 1. The van der Waals surface area contributed by atoms with Crippen LogP contribution in [0.1, 0.15) is 11.3 Å². The first-order valence-corrected chi connectivity index (χ1v) is 12.6. The van der Waals surface area contributed by atoms with E-state index in [2.05, 4.69) is 10.3 Å². The molecule has 1 aromatic carbocycles. The minimum atomic E-state index is -3.63. The topological polar surface area (TPSA) is 88.6 Å². The molecule has 1 aliphatic heterocycles. The Kier molecular flexibility index (Phi) is 6.30. The number of amides is 1. The third-order valence-corrected chi connectivity index (χ3v) is 8.27. The summed E-state index contributed by atoms with van der Waals surface area (Å²) in [5.41, 5.74) is 3.02. The highest BCUT2D eigenvalue weighted by Crippen LogP contribution is 2.27. The molecule has 0 bridgehead atoms. The Morgan fingerprint density at radius 1 is 1.23 bits per heavy atom. The molecule has 1 fully saturated rings. The lowest BCUT2D eigenvalue weighted by atomic mass is 10.2. The van der Waals surface area contributed by atoms with Gasteiger partial charge in [-0.05, 0) is 36.1 Å². The summed E-state index contributed by atoms with van der Waals surface area (Å²) in [6.45, 7) is 3.26. The maximum absolute atomic E-state index is 12.9. The van der Waals surface area contributed by atoms with Gasteiger partial charge in [0.25, 0.3) is 0 Å². The average Bonchev–Trinajstić information content (AvgIpc) is 3.42. The summed E-state index contributed by atoms with van der Waals surface area (Å²) in [6.07, 6.45) is 0.126. The van der Waals surface area contributed by atoms with Crippen molar-refractivity contribution in [2.45, 2.75) is 18.2 Å². The summed E-state index contributed by atoms with van der Waals surface area (Å²) < 4.78 is 32.4. The lowest BCUT2D eigenvalue weighted by Crippen LogP contribution is -2.40. The molecule has 30 heavy (non-hydrogen) atoms. The van der Waals surface area contributed by atoms with E-state index < -0.39 is 10.0 Å². The van der Waals surface area contributed by atoms with E-state index in [9.17, 15) is 13.2 Å². The molecule has 0 aliphatic carbocycles. The second kappa shape index (κ2) is 8.94. The molecule has 0 radical (unpaired) electrons. The van der Waals surface area contributed by atoms with Gasteiger partial charge < -0.3 is 10.1 Å². The predicted octanol–water partition coefficient (Wildman–Crippen LogP) is 3.38. The maximum Gasteiger partial charge on any atom is 0.243 e. The first kappa shape index (κ1) is 21.1. The smallest absolute Gasteiger partial charge is 0.243 e. The van der Waals surface area contributed by atoms with Gasteiger partial charge in [0.2, 0.25) is 15.9 Å². The minimum Gasteiger partial charge on any atom is -0.379 e. The number of rotatable bonds is 6. The van der Waals surface area contributed by atoms with E-state index in [4.69, 9.17) is 4.74 Å². The fourth-order valence-electron chi connectivity index (χ4n) is 3.10. The number of thiazole rings is 1. The van der Waals surface area contributed by atoms with Gasteiger partial charge in [-0.1, -0.05) is 6.07 Å². The van der Waals surface area contributed by atoms with E-state index in [1.807, 2.05) is 29.1 Å². The Morgan fingerprint density at radius 2 is 2.03 bits per heavy atom. The van der Waals surface area contributed by atoms with E-state index in [-0.39, 0.29) is 17.2 Å². The van der Waals surface area contributed by atoms with Crippen LogP contribution in [0.3, 0.4) is 0 Å². The van der Waals surface area contributed by atoms with Crippen LogP contribution in [0.25, 0.3) is 10.6 Å². The standard InChI is InChI=1S/C20H21N3O4S3/c1-14-2-3-17(30(25,26)23-5-7-27-8-6-23)11-18(14)22-19(24)10-16-13-29-20(21-16)15-4-9-28-12-15/h2-4,9,11-13H,5-8,10H2,1H3,(H,22,24). The normalized spacial score (nSPS) is 15.2. The van der Waals surface area contributed by atoms with E-state index in [0.29, 0.717) is 37.7 Å². The van der Waals surface area contributed by atoms with Crippen LogP contribution in [0.4, 0.5) is 5.69 Å². The van der Waals surface area contributed by atoms with Crippen molar-refractivity contribution in [3.8, 4) is 10.6 Å². The van der Waals surface area contributed by atoms with Gasteiger partial charge in [0.15, 0.2) is 0 Å². The largest absolute Gasteiger partial charge is 0.379 e. The molecule has 7 nitrogen and oxygen atoms in total. The average molecular weight is 464 g/mol. The summed E-state index contributed by atoms with van der Waals surface area (Å²) in [5, 5.41) is 9.61. The summed E-state index contributed by atoms with van der Waals surface area (Å²) in [5.74, 6) is -0.235. The van der Waals surface area contributed by atoms with Crippen LogP contribution in [0.5, 0.6) is 0 Å². The number of nitrogens with zero attached hydrogens (tertiary/aromatic N) is 2. The molecule has 1 saturated heterocycles. The molecule has 3 heterocycles. The Bertz CT molecular complexity index is 1130. The monoisotopic (exact) mass is 463 g/mol. The van der Waals surface area contributed by atoms with Gasteiger partial charge in [0.05, 0.1) is 30.2 Å². The van der Waals surface area contributed by atoms with Crippen molar-refractivity contribution in [3.63, 3.8) is 0 Å². The number of morpholine rings is 1. The maximum atomic E-state index is 12.9. The van der Waals surface area contributed by atoms with Crippen LogP contribution in [-0.4, -0.2) is 49.9 Å². The molecule has 2 aromatic heterocycles. The van der Waals surface area contributed by atoms with Crippen molar-refractivity contribution in [3.05, 3.63) is 51.7 Å². The van der Waals surface area contributed by atoms with Gasteiger partial charge in [0, 0.05) is 35.1 Å². The SMILES string of the molecule is Cc1ccc(S(=O)(=O)N2CCOCC2)cc1NC(=O)Cc1csc(-c2ccsc2)n1. The molecule has 4 rings (SSSR count). The number of carbonyl (C=O) groups is 1. The second-order valence-electron chi connectivity index (χ2n) is 6.87. The van der Waals surface area contributed by atoms with Gasteiger partial charge in [-0.3, -0.25) is 4.79 Å². The Hall–Kier alpha value is -2.11. The predicted molar refractivity (Wildman–Crippen MR) is 119 cm³/mol. The number of carbonyl (C=O) groups excluding carboxylic acids is 1. The number of aryl methyl sites for hydroxylation is 1. The van der Waals surface area contributed by atoms with Crippen LogP contribution in [-0.2, 0) is 26.0 Å². The second-order valence-corrected chi connectivity index (χ2v) is 10.5. The fraction of sp³-hybridized carbons (Fsp3) is 0.300. The molecule has 0 unspecified atom stereocenters. The lowest BCUT2D eigenvalue weighted by Gasteiger charge is -2.26. The molecule has 10 heteroatoms. The van der Waals surface area contributed by atoms with Crippen molar-refractivity contribution >= 4 is 44.3 Å². The third-order valence-electron chi connectivity index (χ3n) is 4.75. The van der Waals surface area contributed by atoms with E-state index >= 15 is 0 Å². The van der Waals surface area contributed by atoms with E-state index in [0.717, 1.165) is 16.1 Å². The summed E-state index contributed by atoms with van der Waals surface area (Å²) in [4.78, 5) is 17.3. The zero-order chi connectivity index (χ0) is 21.1. The summed E-state index contributed by atoms with van der Waals surface area (Å²) in [7, 11) is -3.63. The van der Waals surface area contributed by atoms with E-state index in [1.165, 1.54) is 21.7 Å². The molecule has 1 aliphatic rings. The number of hydrogen-bond acceptors (Lipinski definition) is 7. The van der Waals surface area contributed by atoms with Gasteiger partial charge >= 0.3 is 0 Å². The Labute approximate surface area is 183 Å². The number of aromatic nitrogens is 1. The van der Waals surface area contributed by atoms with Crippen LogP contribution < -0.4 is 5.32 Å². The first-order valence-electron chi connectivity index (χ1n) is 9.39. The first-order chi connectivity index (χ1) is 14.4. The van der Waals surface area contributed by atoms with Crippen LogP contribution in [0.15, 0.2) is 45.3 Å². The van der Waals surface area contributed by atoms with Crippen molar-refractivity contribution in [2.75, 3.05) is 31.6 Å². The molecular weight excluding hydrogens is 442 g/mol. The summed E-state index contributed by atoms with van der Waals surface area (Å²) in [6, 6.07) is 6.80. The molecular formula is C20H21N3O4S3. The number of anilines is 1. The van der Waals surface area contributed by atoms with Crippen molar-refractivity contribution in [2.24, 2.45) is 0 Å². The fourth-order valence-corrected chi connectivity index (χ4v) is 6.06. The Morgan fingerprint density at radius 3 is 2.77 bits per heavy atom. The van der Waals surface area contributed by atoms with Crippen LogP contribution in [0, 0.1) is 6.92 Å². The van der Waals surface area contributed by atoms with Gasteiger partial charge in [-0.2, -0.15) is 15.6 Å². The number of nitrogens with one attached hydrogen (secondary N) is 1. The summed E-state index contributed by atoms with van der Waals surface area (Å²) >= 11 is 3.10. The minimum absolute atomic E-state index is 0.126. The highest BCUT2D eigenvalue weighted by atomic mass is 32.2. The molecule has 0 atom stereocenters. The quantitative estimate of drug-likeness (QED) is 0.605. The lowest BCUT2D eigenvalue weighted by molar-refractivity contribution is -0.115. The third kappa shape index (κ3) is 4.62. The molecule has 1 N–H and O–H groups in total. The molecule has 158 valence electrons. The van der Waals surface area contributed by atoms with Crippen molar-refractivity contribution in [1.29, 1.82) is 0 Å². The van der Waals surface area contributed by atoms with Crippen molar-refractivity contribution in [1.82, 2.24) is 9.29 Å². The number of sulfonamides is 1. The molecule has 0 saturated carbocycles. The number of hydrogen-bond donors (Lipinski definition) is 1. The van der Waals surface area contributed by atoms with Crippen molar-refractivity contribution < 1.29 is 17.9 Å². The number of thiophene rings is 1. The Balaban J connectivity index is 1.47. The van der Waals surface area contributed by atoms with E-state index in [1.54, 1.807) is 23.5 Å². The van der Waals surface area contributed by atoms with Gasteiger partial charge in [0.1, 0.15) is 5.01 Å².